The number of nitrogens with one attached hydrogen (secondary N) is 2. The molecule has 0 aliphatic heterocycles. The number of carbonyl (C=O) groups is 3. The van der Waals surface area contributed by atoms with Gasteiger partial charge in [-0.3, -0.25) is 14.4 Å². The zero-order valence-electron chi connectivity index (χ0n) is 14.5. The second-order valence-electron chi connectivity index (χ2n) is 5.67. The first-order valence-corrected chi connectivity index (χ1v) is 8.85. The van der Waals surface area contributed by atoms with Gasteiger partial charge in [-0.25, -0.2) is 0 Å². The molecule has 2 rings (SSSR count). The monoisotopic (exact) mass is 408 g/mol. The zero-order chi connectivity index (χ0) is 19.8. The molecule has 2 amide bonds. The van der Waals surface area contributed by atoms with Gasteiger partial charge in [-0.2, -0.15) is 0 Å². The Labute approximate surface area is 166 Å². The zero-order valence-corrected chi connectivity index (χ0v) is 16.0. The number of halogens is 2. The van der Waals surface area contributed by atoms with Crippen LogP contribution in [0.5, 0.6) is 0 Å². The number of esters is 1. The third-order valence-corrected chi connectivity index (χ3v) is 4.16. The van der Waals surface area contributed by atoms with Crippen molar-refractivity contribution in [3.63, 3.8) is 0 Å². The van der Waals surface area contributed by atoms with Gasteiger partial charge in [0, 0.05) is 5.02 Å². The second-order valence-corrected chi connectivity index (χ2v) is 6.51. The number of carbonyl (C=O) groups excluding carboxylic acids is 3. The van der Waals surface area contributed by atoms with E-state index in [-0.39, 0.29) is 23.2 Å². The first kappa shape index (κ1) is 20.7. The summed E-state index contributed by atoms with van der Waals surface area (Å²) in [5.74, 6) is -1.72. The van der Waals surface area contributed by atoms with E-state index >= 15 is 0 Å². The highest BCUT2D eigenvalue weighted by Crippen LogP contribution is 2.20. The van der Waals surface area contributed by atoms with Crippen LogP contribution in [-0.2, 0) is 14.3 Å². The lowest BCUT2D eigenvalue weighted by Crippen LogP contribution is -2.34. The maximum absolute atomic E-state index is 12.0. The molecule has 0 aromatic heterocycles. The van der Waals surface area contributed by atoms with Crippen LogP contribution in [0.4, 0.5) is 0 Å². The average Bonchev–Trinajstić information content (AvgIpc) is 2.65. The molecule has 2 aromatic rings. The van der Waals surface area contributed by atoms with E-state index in [2.05, 4.69) is 10.6 Å². The lowest BCUT2D eigenvalue weighted by Gasteiger charge is -2.14. The van der Waals surface area contributed by atoms with Crippen LogP contribution in [0.15, 0.2) is 48.5 Å². The smallest absolute Gasteiger partial charge is 0.325 e. The van der Waals surface area contributed by atoms with Gasteiger partial charge < -0.3 is 15.4 Å². The summed E-state index contributed by atoms with van der Waals surface area (Å²) in [5.41, 5.74) is 1.12. The molecule has 0 bridgehead atoms. The molecule has 6 nitrogen and oxygen atoms in total. The Morgan fingerprint density at radius 2 is 1.78 bits per heavy atom. The van der Waals surface area contributed by atoms with Gasteiger partial charge in [-0.05, 0) is 30.7 Å². The summed E-state index contributed by atoms with van der Waals surface area (Å²) in [6, 6.07) is 13.6. The third-order valence-electron chi connectivity index (χ3n) is 3.61. The van der Waals surface area contributed by atoms with Crippen LogP contribution in [0.1, 0.15) is 28.9 Å². The Bertz CT molecular complexity index is 828. The molecule has 0 saturated carbocycles. The summed E-state index contributed by atoms with van der Waals surface area (Å²) >= 11 is 11.7. The van der Waals surface area contributed by atoms with Crippen LogP contribution in [0.25, 0.3) is 0 Å². The summed E-state index contributed by atoms with van der Waals surface area (Å²) < 4.78 is 4.86. The Hall–Kier alpha value is -2.57. The average molecular weight is 409 g/mol. The molecule has 0 aliphatic carbocycles. The Morgan fingerprint density at radius 3 is 2.44 bits per heavy atom. The summed E-state index contributed by atoms with van der Waals surface area (Å²) in [4.78, 5) is 35.6. The Morgan fingerprint density at radius 1 is 1.07 bits per heavy atom. The maximum Gasteiger partial charge on any atom is 0.325 e. The molecule has 0 spiro atoms. The molecule has 0 saturated heterocycles. The maximum atomic E-state index is 12.0. The van der Waals surface area contributed by atoms with Crippen LogP contribution in [0.2, 0.25) is 10.0 Å². The molecule has 8 heteroatoms. The highest BCUT2D eigenvalue weighted by atomic mass is 35.5. The lowest BCUT2D eigenvalue weighted by molar-refractivity contribution is -0.147. The summed E-state index contributed by atoms with van der Waals surface area (Å²) in [7, 11) is 0. The van der Waals surface area contributed by atoms with Gasteiger partial charge >= 0.3 is 5.97 Å². The molecule has 27 heavy (non-hydrogen) atoms. The minimum atomic E-state index is -0.740. The van der Waals surface area contributed by atoms with E-state index in [1.807, 2.05) is 37.3 Å². The summed E-state index contributed by atoms with van der Waals surface area (Å²) in [6.45, 7) is 0.998. The quantitative estimate of drug-likeness (QED) is 0.689. The normalized spacial score (nSPS) is 11.4. The second kappa shape index (κ2) is 9.94. The highest BCUT2D eigenvalue weighted by Gasteiger charge is 2.14. The number of benzene rings is 2. The van der Waals surface area contributed by atoms with E-state index in [4.69, 9.17) is 27.9 Å². The van der Waals surface area contributed by atoms with E-state index in [1.165, 1.54) is 18.2 Å². The predicted molar refractivity (Wildman–Crippen MR) is 103 cm³/mol. The van der Waals surface area contributed by atoms with Crippen molar-refractivity contribution in [1.29, 1.82) is 0 Å². The Balaban J connectivity index is 1.74. The first-order chi connectivity index (χ1) is 12.9. The molecule has 0 radical (unpaired) electrons. The fourth-order valence-corrected chi connectivity index (χ4v) is 2.72. The van der Waals surface area contributed by atoms with Crippen molar-refractivity contribution in [2.75, 3.05) is 13.2 Å². The molecule has 0 fully saturated rings. The number of hydrogen-bond donors (Lipinski definition) is 2. The topological polar surface area (TPSA) is 84.5 Å². The standard InChI is InChI=1S/C19H18Cl2N2O4/c1-12(13-5-3-2-4-6-13)23-17(24)11-27-18(25)10-22-19(26)15-8-7-14(20)9-16(15)21/h2-9,12H,10-11H2,1H3,(H,22,26)(H,23,24)/t12-/m1/s1. The van der Waals surface area contributed by atoms with Gasteiger partial charge in [0.2, 0.25) is 0 Å². The van der Waals surface area contributed by atoms with E-state index in [1.54, 1.807) is 0 Å². The van der Waals surface area contributed by atoms with E-state index in [0.717, 1.165) is 5.56 Å². The highest BCUT2D eigenvalue weighted by molar-refractivity contribution is 6.36. The number of amides is 2. The third kappa shape index (κ3) is 6.58. The number of hydrogen-bond acceptors (Lipinski definition) is 4. The molecular formula is C19H18Cl2N2O4. The van der Waals surface area contributed by atoms with Crippen molar-refractivity contribution in [3.05, 3.63) is 69.7 Å². The summed E-state index contributed by atoms with van der Waals surface area (Å²) in [5, 5.41) is 5.66. The van der Waals surface area contributed by atoms with Gasteiger partial charge in [-0.1, -0.05) is 53.5 Å². The molecule has 2 aromatic carbocycles. The molecule has 0 unspecified atom stereocenters. The van der Waals surface area contributed by atoms with Gasteiger partial charge in [0.1, 0.15) is 6.54 Å². The molecule has 0 heterocycles. The largest absolute Gasteiger partial charge is 0.454 e. The molecule has 142 valence electrons. The van der Waals surface area contributed by atoms with Crippen molar-refractivity contribution >= 4 is 41.0 Å². The summed E-state index contributed by atoms with van der Waals surface area (Å²) in [6.07, 6.45) is 0. The van der Waals surface area contributed by atoms with Gasteiger partial charge in [0.15, 0.2) is 6.61 Å². The van der Waals surface area contributed by atoms with Crippen molar-refractivity contribution in [2.24, 2.45) is 0 Å². The molecule has 1 atom stereocenters. The molecule has 2 N–H and O–H groups in total. The molecular weight excluding hydrogens is 391 g/mol. The first-order valence-electron chi connectivity index (χ1n) is 8.10. The molecule has 0 aliphatic rings. The SMILES string of the molecule is C[C@@H](NC(=O)COC(=O)CNC(=O)c1ccc(Cl)cc1Cl)c1ccccc1. The predicted octanol–water partition coefficient (Wildman–Crippen LogP) is 3.14. The van der Waals surface area contributed by atoms with Crippen LogP contribution in [0.3, 0.4) is 0 Å². The van der Waals surface area contributed by atoms with Gasteiger partial charge in [-0.15, -0.1) is 0 Å². The van der Waals surface area contributed by atoms with Crippen LogP contribution >= 0.6 is 23.2 Å². The van der Waals surface area contributed by atoms with Crippen LogP contribution in [0, 0.1) is 0 Å². The van der Waals surface area contributed by atoms with E-state index in [0.29, 0.717) is 5.02 Å². The van der Waals surface area contributed by atoms with Crippen molar-refractivity contribution in [2.45, 2.75) is 13.0 Å². The van der Waals surface area contributed by atoms with Crippen molar-refractivity contribution in [1.82, 2.24) is 10.6 Å². The van der Waals surface area contributed by atoms with E-state index < -0.39 is 24.4 Å². The minimum absolute atomic E-state index is 0.169. The minimum Gasteiger partial charge on any atom is -0.454 e. The van der Waals surface area contributed by atoms with Crippen molar-refractivity contribution in [3.8, 4) is 0 Å². The van der Waals surface area contributed by atoms with Gasteiger partial charge in [0.05, 0.1) is 16.6 Å². The fraction of sp³-hybridized carbons (Fsp3) is 0.211. The van der Waals surface area contributed by atoms with E-state index in [9.17, 15) is 14.4 Å². The lowest BCUT2D eigenvalue weighted by atomic mass is 10.1. The van der Waals surface area contributed by atoms with Crippen molar-refractivity contribution < 1.29 is 19.1 Å². The number of rotatable bonds is 7. The Kier molecular flexibility index (Phi) is 7.64. The number of ether oxygens (including phenoxy) is 1. The van der Waals surface area contributed by atoms with Crippen LogP contribution in [-0.4, -0.2) is 30.9 Å². The van der Waals surface area contributed by atoms with Crippen LogP contribution < -0.4 is 10.6 Å². The van der Waals surface area contributed by atoms with Gasteiger partial charge in [0.25, 0.3) is 11.8 Å². The fourth-order valence-electron chi connectivity index (χ4n) is 2.23.